The summed E-state index contributed by atoms with van der Waals surface area (Å²) in [6.07, 6.45) is 0.573. The molecule has 1 aromatic carbocycles. The maximum absolute atomic E-state index is 12.1. The molecule has 18 heavy (non-hydrogen) atoms. The van der Waals surface area contributed by atoms with Gasteiger partial charge in [0.05, 0.1) is 4.90 Å². The third-order valence-electron chi connectivity index (χ3n) is 2.43. The molecule has 1 unspecified atom stereocenters. The maximum atomic E-state index is 12.1. The van der Waals surface area contributed by atoms with E-state index in [-0.39, 0.29) is 17.4 Å². The van der Waals surface area contributed by atoms with Gasteiger partial charge in [-0.25, -0.2) is 13.1 Å². The van der Waals surface area contributed by atoms with Gasteiger partial charge in [0.1, 0.15) is 0 Å². The number of benzene rings is 1. The standard InChI is InChI=1S/C11H15Br2NO3S/c1-8(4-5-15)7-14-18(16,17)11-3-2-9(12)6-10(11)13/h2-3,6,8,14-15H,4-5,7H2,1H3. The molecule has 1 rings (SSSR count). The number of rotatable bonds is 6. The van der Waals surface area contributed by atoms with Gasteiger partial charge < -0.3 is 5.11 Å². The number of nitrogens with one attached hydrogen (secondary N) is 1. The predicted octanol–water partition coefficient (Wildman–Crippen LogP) is 2.51. The van der Waals surface area contributed by atoms with E-state index >= 15 is 0 Å². The van der Waals surface area contributed by atoms with Crippen molar-refractivity contribution in [1.82, 2.24) is 4.72 Å². The van der Waals surface area contributed by atoms with Crippen molar-refractivity contribution < 1.29 is 13.5 Å². The summed E-state index contributed by atoms with van der Waals surface area (Å²) in [4.78, 5) is 0.210. The van der Waals surface area contributed by atoms with Crippen LogP contribution < -0.4 is 4.72 Å². The van der Waals surface area contributed by atoms with E-state index in [0.29, 0.717) is 17.4 Å². The normalized spacial score (nSPS) is 13.6. The van der Waals surface area contributed by atoms with Gasteiger partial charge in [-0.1, -0.05) is 22.9 Å². The number of sulfonamides is 1. The second-order valence-electron chi connectivity index (χ2n) is 4.04. The van der Waals surface area contributed by atoms with Crippen LogP contribution in [-0.4, -0.2) is 26.7 Å². The zero-order valence-electron chi connectivity index (χ0n) is 9.86. The SMILES string of the molecule is CC(CCO)CNS(=O)(=O)c1ccc(Br)cc1Br. The van der Waals surface area contributed by atoms with Crippen molar-refractivity contribution in [2.24, 2.45) is 5.92 Å². The van der Waals surface area contributed by atoms with Crippen molar-refractivity contribution in [3.8, 4) is 0 Å². The van der Waals surface area contributed by atoms with Crippen molar-refractivity contribution in [3.05, 3.63) is 27.1 Å². The Balaban J connectivity index is 2.80. The molecule has 1 atom stereocenters. The summed E-state index contributed by atoms with van der Waals surface area (Å²) in [7, 11) is -3.52. The van der Waals surface area contributed by atoms with Crippen molar-refractivity contribution in [3.63, 3.8) is 0 Å². The number of aliphatic hydroxyl groups is 1. The number of hydrogen-bond acceptors (Lipinski definition) is 3. The van der Waals surface area contributed by atoms with Gasteiger partial charge >= 0.3 is 0 Å². The molecule has 0 aromatic heterocycles. The van der Waals surface area contributed by atoms with Crippen LogP contribution >= 0.6 is 31.9 Å². The molecule has 7 heteroatoms. The van der Waals surface area contributed by atoms with Gasteiger partial charge in [0, 0.05) is 22.1 Å². The Morgan fingerprint density at radius 3 is 2.61 bits per heavy atom. The fourth-order valence-corrected chi connectivity index (χ4v) is 4.25. The predicted molar refractivity (Wildman–Crippen MR) is 77.9 cm³/mol. The van der Waals surface area contributed by atoms with Gasteiger partial charge in [-0.2, -0.15) is 0 Å². The van der Waals surface area contributed by atoms with Crippen LogP contribution in [0, 0.1) is 5.92 Å². The highest BCUT2D eigenvalue weighted by Crippen LogP contribution is 2.25. The number of halogens is 2. The maximum Gasteiger partial charge on any atom is 0.241 e. The first kappa shape index (κ1) is 16.1. The molecule has 0 spiro atoms. The second kappa shape index (κ2) is 7.00. The van der Waals surface area contributed by atoms with E-state index in [9.17, 15) is 8.42 Å². The van der Waals surface area contributed by atoms with Crippen LogP contribution in [0.5, 0.6) is 0 Å². The van der Waals surface area contributed by atoms with E-state index in [4.69, 9.17) is 5.11 Å². The van der Waals surface area contributed by atoms with Crippen LogP contribution in [-0.2, 0) is 10.0 Å². The molecule has 0 aliphatic rings. The van der Waals surface area contributed by atoms with Gasteiger partial charge in [-0.3, -0.25) is 0 Å². The summed E-state index contributed by atoms with van der Waals surface area (Å²) < 4.78 is 28.0. The van der Waals surface area contributed by atoms with E-state index < -0.39 is 10.0 Å². The van der Waals surface area contributed by atoms with Crippen molar-refractivity contribution in [2.75, 3.05) is 13.2 Å². The molecule has 0 saturated carbocycles. The topological polar surface area (TPSA) is 66.4 Å². The fraction of sp³-hybridized carbons (Fsp3) is 0.455. The Morgan fingerprint density at radius 2 is 2.06 bits per heavy atom. The molecule has 2 N–H and O–H groups in total. The highest BCUT2D eigenvalue weighted by atomic mass is 79.9. The second-order valence-corrected chi connectivity index (χ2v) is 7.55. The van der Waals surface area contributed by atoms with Gasteiger partial charge in [-0.05, 0) is 46.5 Å². The minimum atomic E-state index is -3.52. The summed E-state index contributed by atoms with van der Waals surface area (Å²) >= 11 is 6.50. The van der Waals surface area contributed by atoms with Crippen LogP contribution in [0.25, 0.3) is 0 Å². The van der Waals surface area contributed by atoms with E-state index in [2.05, 4.69) is 36.6 Å². The van der Waals surface area contributed by atoms with E-state index in [1.54, 1.807) is 12.1 Å². The Kier molecular flexibility index (Phi) is 6.26. The van der Waals surface area contributed by atoms with Gasteiger partial charge in [0.15, 0.2) is 0 Å². The first-order valence-corrected chi connectivity index (χ1v) is 8.49. The first-order valence-electron chi connectivity index (χ1n) is 5.42. The highest BCUT2D eigenvalue weighted by Gasteiger charge is 2.18. The first-order chi connectivity index (χ1) is 8.36. The number of hydrogen-bond donors (Lipinski definition) is 2. The lowest BCUT2D eigenvalue weighted by atomic mass is 10.1. The molecule has 102 valence electrons. The van der Waals surface area contributed by atoms with Gasteiger partial charge in [0.2, 0.25) is 10.0 Å². The van der Waals surface area contributed by atoms with Crippen LogP contribution in [0.2, 0.25) is 0 Å². The van der Waals surface area contributed by atoms with E-state index in [0.717, 1.165) is 4.47 Å². The molecule has 4 nitrogen and oxygen atoms in total. The summed E-state index contributed by atoms with van der Waals surface area (Å²) in [5.74, 6) is 0.0963. The zero-order chi connectivity index (χ0) is 13.8. The Bertz CT molecular complexity index is 505. The summed E-state index contributed by atoms with van der Waals surface area (Å²) in [6.45, 7) is 2.26. The molecule has 0 aliphatic carbocycles. The fourth-order valence-electron chi connectivity index (χ4n) is 1.35. The lowest BCUT2D eigenvalue weighted by Crippen LogP contribution is -2.29. The summed E-state index contributed by atoms with van der Waals surface area (Å²) in [6, 6.07) is 4.90. The minimum absolute atomic E-state index is 0.0604. The van der Waals surface area contributed by atoms with Gasteiger partial charge in [-0.15, -0.1) is 0 Å². The number of aliphatic hydroxyl groups excluding tert-OH is 1. The molecular formula is C11H15Br2NO3S. The molecule has 0 fully saturated rings. The molecule has 0 bridgehead atoms. The smallest absolute Gasteiger partial charge is 0.241 e. The molecule has 0 saturated heterocycles. The zero-order valence-corrected chi connectivity index (χ0v) is 13.8. The van der Waals surface area contributed by atoms with Crippen molar-refractivity contribution >= 4 is 41.9 Å². The minimum Gasteiger partial charge on any atom is -0.396 e. The van der Waals surface area contributed by atoms with Crippen LogP contribution in [0.15, 0.2) is 32.0 Å². The monoisotopic (exact) mass is 399 g/mol. The Labute approximate surface area is 124 Å². The quantitative estimate of drug-likeness (QED) is 0.770. The lowest BCUT2D eigenvalue weighted by molar-refractivity contribution is 0.263. The Morgan fingerprint density at radius 1 is 1.39 bits per heavy atom. The van der Waals surface area contributed by atoms with E-state index in [1.165, 1.54) is 6.07 Å². The lowest BCUT2D eigenvalue weighted by Gasteiger charge is -2.12. The molecule has 0 heterocycles. The third kappa shape index (κ3) is 4.62. The molecule has 0 amide bonds. The van der Waals surface area contributed by atoms with Crippen molar-refractivity contribution in [1.29, 1.82) is 0 Å². The summed E-state index contributed by atoms with van der Waals surface area (Å²) in [5, 5.41) is 8.77. The van der Waals surface area contributed by atoms with Crippen LogP contribution in [0.4, 0.5) is 0 Å². The average Bonchev–Trinajstić information content (AvgIpc) is 2.26. The third-order valence-corrected chi connectivity index (χ3v) is 5.32. The summed E-state index contributed by atoms with van der Waals surface area (Å²) in [5.41, 5.74) is 0. The van der Waals surface area contributed by atoms with Crippen molar-refractivity contribution in [2.45, 2.75) is 18.2 Å². The molecular weight excluding hydrogens is 386 g/mol. The Hall–Kier alpha value is 0.0500. The van der Waals surface area contributed by atoms with Gasteiger partial charge in [0.25, 0.3) is 0 Å². The van der Waals surface area contributed by atoms with Crippen LogP contribution in [0.1, 0.15) is 13.3 Å². The molecule has 1 aromatic rings. The molecule has 0 radical (unpaired) electrons. The van der Waals surface area contributed by atoms with E-state index in [1.807, 2.05) is 6.92 Å². The largest absolute Gasteiger partial charge is 0.396 e. The van der Waals surface area contributed by atoms with Crippen LogP contribution in [0.3, 0.4) is 0 Å². The highest BCUT2D eigenvalue weighted by molar-refractivity contribution is 9.11. The molecule has 0 aliphatic heterocycles. The average molecular weight is 401 g/mol.